The standard InChI is InChI=1S/C13H18N4O2S/c1-3-17-9-8-15-13(17)12(16-14)10-4-6-11(7-5-10)20(2,18)19/h4-9,12,16H,3,14H2,1-2H3. The predicted octanol–water partition coefficient (Wildman–Crippen LogP) is 0.859. The highest BCUT2D eigenvalue weighted by Crippen LogP contribution is 2.21. The van der Waals surface area contributed by atoms with Crippen LogP contribution in [0.2, 0.25) is 0 Å². The molecule has 1 aromatic heterocycles. The largest absolute Gasteiger partial charge is 0.334 e. The number of aromatic nitrogens is 2. The fourth-order valence-electron chi connectivity index (χ4n) is 2.08. The summed E-state index contributed by atoms with van der Waals surface area (Å²) in [5, 5.41) is 0. The van der Waals surface area contributed by atoms with Gasteiger partial charge in [0.1, 0.15) is 11.9 Å². The number of hydrogen-bond acceptors (Lipinski definition) is 5. The van der Waals surface area contributed by atoms with E-state index in [4.69, 9.17) is 5.84 Å². The summed E-state index contributed by atoms with van der Waals surface area (Å²) in [6.07, 6.45) is 4.78. The van der Waals surface area contributed by atoms with Crippen molar-refractivity contribution in [2.75, 3.05) is 6.26 Å². The van der Waals surface area contributed by atoms with Gasteiger partial charge in [0.25, 0.3) is 0 Å². The molecule has 0 aliphatic carbocycles. The van der Waals surface area contributed by atoms with E-state index >= 15 is 0 Å². The van der Waals surface area contributed by atoms with Gasteiger partial charge < -0.3 is 4.57 Å². The van der Waals surface area contributed by atoms with E-state index < -0.39 is 9.84 Å². The number of nitrogens with zero attached hydrogens (tertiary/aromatic N) is 2. The number of rotatable bonds is 5. The van der Waals surface area contributed by atoms with E-state index in [2.05, 4.69) is 10.4 Å². The zero-order valence-electron chi connectivity index (χ0n) is 11.4. The number of hydrazine groups is 1. The number of nitrogens with one attached hydrogen (secondary N) is 1. The molecule has 0 spiro atoms. The molecule has 0 saturated heterocycles. The number of aryl methyl sites for hydroxylation is 1. The Balaban J connectivity index is 2.38. The lowest BCUT2D eigenvalue weighted by Crippen LogP contribution is -2.31. The first-order chi connectivity index (χ1) is 9.47. The van der Waals surface area contributed by atoms with E-state index in [1.54, 1.807) is 30.5 Å². The van der Waals surface area contributed by atoms with Crippen LogP contribution in [0.25, 0.3) is 0 Å². The Kier molecular flexibility index (Phi) is 4.22. The van der Waals surface area contributed by atoms with Crippen molar-refractivity contribution in [2.24, 2.45) is 5.84 Å². The van der Waals surface area contributed by atoms with Crippen LogP contribution >= 0.6 is 0 Å². The van der Waals surface area contributed by atoms with Crippen molar-refractivity contribution >= 4 is 9.84 Å². The molecule has 0 bridgehead atoms. The van der Waals surface area contributed by atoms with Gasteiger partial charge in [-0.05, 0) is 24.6 Å². The molecule has 0 aliphatic heterocycles. The molecule has 1 heterocycles. The van der Waals surface area contributed by atoms with Crippen molar-refractivity contribution in [3.8, 4) is 0 Å². The maximum Gasteiger partial charge on any atom is 0.175 e. The highest BCUT2D eigenvalue weighted by atomic mass is 32.2. The highest BCUT2D eigenvalue weighted by Gasteiger charge is 2.18. The van der Waals surface area contributed by atoms with Gasteiger partial charge in [-0.3, -0.25) is 5.84 Å². The Labute approximate surface area is 118 Å². The molecule has 1 atom stereocenters. The molecule has 2 rings (SSSR count). The summed E-state index contributed by atoms with van der Waals surface area (Å²) in [6.45, 7) is 2.81. The van der Waals surface area contributed by atoms with Crippen molar-refractivity contribution in [2.45, 2.75) is 24.4 Å². The van der Waals surface area contributed by atoms with E-state index in [1.165, 1.54) is 6.26 Å². The van der Waals surface area contributed by atoms with Crippen LogP contribution in [0.1, 0.15) is 24.4 Å². The summed E-state index contributed by atoms with van der Waals surface area (Å²) in [5.41, 5.74) is 3.58. The van der Waals surface area contributed by atoms with E-state index in [0.717, 1.165) is 17.9 Å². The normalized spacial score (nSPS) is 13.3. The molecule has 6 nitrogen and oxygen atoms in total. The predicted molar refractivity (Wildman–Crippen MR) is 76.6 cm³/mol. The van der Waals surface area contributed by atoms with Gasteiger partial charge in [-0.15, -0.1) is 0 Å². The van der Waals surface area contributed by atoms with Crippen molar-refractivity contribution < 1.29 is 8.42 Å². The second kappa shape index (κ2) is 5.74. The zero-order chi connectivity index (χ0) is 14.8. The molecule has 1 aromatic carbocycles. The Morgan fingerprint density at radius 3 is 2.50 bits per heavy atom. The monoisotopic (exact) mass is 294 g/mol. The fourth-order valence-corrected chi connectivity index (χ4v) is 2.71. The third-order valence-electron chi connectivity index (χ3n) is 3.15. The summed E-state index contributed by atoms with van der Waals surface area (Å²) in [5.74, 6) is 6.42. The molecule has 0 saturated carbocycles. The smallest absolute Gasteiger partial charge is 0.175 e. The fraction of sp³-hybridized carbons (Fsp3) is 0.308. The molecular formula is C13H18N4O2S. The molecule has 0 fully saturated rings. The van der Waals surface area contributed by atoms with Gasteiger partial charge in [0.05, 0.1) is 4.90 Å². The number of imidazole rings is 1. The van der Waals surface area contributed by atoms with Crippen LogP contribution in [0.3, 0.4) is 0 Å². The van der Waals surface area contributed by atoms with Crippen LogP contribution < -0.4 is 11.3 Å². The Morgan fingerprint density at radius 1 is 1.35 bits per heavy atom. The Bertz CT molecular complexity index is 677. The minimum Gasteiger partial charge on any atom is -0.334 e. The minimum absolute atomic E-state index is 0.279. The number of nitrogens with two attached hydrogens (primary N) is 1. The zero-order valence-corrected chi connectivity index (χ0v) is 12.3. The van der Waals surface area contributed by atoms with Crippen molar-refractivity contribution in [1.29, 1.82) is 0 Å². The van der Waals surface area contributed by atoms with Crippen LogP contribution in [-0.2, 0) is 16.4 Å². The van der Waals surface area contributed by atoms with E-state index in [1.807, 2.05) is 17.7 Å². The first-order valence-electron chi connectivity index (χ1n) is 6.24. The topological polar surface area (TPSA) is 90.0 Å². The third-order valence-corrected chi connectivity index (χ3v) is 4.28. The van der Waals surface area contributed by atoms with E-state index in [0.29, 0.717) is 0 Å². The summed E-state index contributed by atoms with van der Waals surface area (Å²) >= 11 is 0. The van der Waals surface area contributed by atoms with Gasteiger partial charge in [-0.1, -0.05) is 12.1 Å². The number of sulfone groups is 1. The van der Waals surface area contributed by atoms with Gasteiger partial charge >= 0.3 is 0 Å². The van der Waals surface area contributed by atoms with Crippen molar-refractivity contribution in [3.63, 3.8) is 0 Å². The second-order valence-electron chi connectivity index (χ2n) is 4.51. The average molecular weight is 294 g/mol. The lowest BCUT2D eigenvalue weighted by Gasteiger charge is -2.17. The molecule has 2 aromatic rings. The van der Waals surface area contributed by atoms with Crippen LogP contribution in [0.5, 0.6) is 0 Å². The summed E-state index contributed by atoms with van der Waals surface area (Å²) in [6, 6.07) is 6.37. The van der Waals surface area contributed by atoms with Crippen molar-refractivity contribution in [3.05, 3.63) is 48.0 Å². The highest BCUT2D eigenvalue weighted by molar-refractivity contribution is 7.90. The maximum atomic E-state index is 11.5. The molecule has 0 amide bonds. The van der Waals surface area contributed by atoms with Gasteiger partial charge in [0.15, 0.2) is 9.84 Å². The van der Waals surface area contributed by atoms with Crippen LogP contribution in [-0.4, -0.2) is 24.2 Å². The van der Waals surface area contributed by atoms with Crippen LogP contribution in [0, 0.1) is 0 Å². The summed E-state index contributed by atoms with van der Waals surface area (Å²) in [4.78, 5) is 4.60. The van der Waals surface area contributed by atoms with Gasteiger partial charge in [0.2, 0.25) is 0 Å². The molecule has 7 heteroatoms. The maximum absolute atomic E-state index is 11.5. The second-order valence-corrected chi connectivity index (χ2v) is 6.53. The molecule has 3 N–H and O–H groups in total. The first-order valence-corrected chi connectivity index (χ1v) is 8.13. The first kappa shape index (κ1) is 14.7. The van der Waals surface area contributed by atoms with Gasteiger partial charge in [-0.25, -0.2) is 18.8 Å². The van der Waals surface area contributed by atoms with E-state index in [-0.39, 0.29) is 10.9 Å². The average Bonchev–Trinajstić information content (AvgIpc) is 2.87. The Hall–Kier alpha value is -1.70. The van der Waals surface area contributed by atoms with Gasteiger partial charge in [0, 0.05) is 25.2 Å². The SMILES string of the molecule is CCn1ccnc1C(NN)c1ccc(S(C)(=O)=O)cc1. The minimum atomic E-state index is -3.19. The quantitative estimate of drug-likeness (QED) is 0.630. The molecule has 0 aliphatic rings. The molecular weight excluding hydrogens is 276 g/mol. The van der Waals surface area contributed by atoms with Gasteiger partial charge in [-0.2, -0.15) is 0 Å². The number of hydrogen-bond donors (Lipinski definition) is 2. The molecule has 1 unspecified atom stereocenters. The lowest BCUT2D eigenvalue weighted by atomic mass is 10.1. The molecule has 0 radical (unpaired) electrons. The third kappa shape index (κ3) is 2.90. The lowest BCUT2D eigenvalue weighted by molar-refractivity contribution is 0.560. The Morgan fingerprint density at radius 2 is 2.00 bits per heavy atom. The van der Waals surface area contributed by atoms with Crippen LogP contribution in [0.4, 0.5) is 0 Å². The molecule has 108 valence electrons. The van der Waals surface area contributed by atoms with Crippen LogP contribution in [0.15, 0.2) is 41.6 Å². The number of benzene rings is 1. The summed E-state index contributed by atoms with van der Waals surface area (Å²) < 4.78 is 24.9. The summed E-state index contributed by atoms with van der Waals surface area (Å²) in [7, 11) is -3.19. The molecule has 20 heavy (non-hydrogen) atoms. The van der Waals surface area contributed by atoms with Crippen molar-refractivity contribution in [1.82, 2.24) is 15.0 Å². The van der Waals surface area contributed by atoms with E-state index in [9.17, 15) is 8.42 Å².